The summed E-state index contributed by atoms with van der Waals surface area (Å²) < 4.78 is 0. The average Bonchev–Trinajstić information content (AvgIpc) is 2.55. The van der Waals surface area contributed by atoms with Gasteiger partial charge in [-0.15, -0.1) is 0 Å². The molecule has 0 radical (unpaired) electrons. The first-order valence-electron chi connectivity index (χ1n) is 6.30. The highest BCUT2D eigenvalue weighted by Gasteiger charge is 2.30. The number of nitrogens with one attached hydrogen (secondary N) is 1. The predicted octanol–water partition coefficient (Wildman–Crippen LogP) is 0.247. The van der Waals surface area contributed by atoms with Crippen molar-refractivity contribution >= 4 is 11.9 Å². The molecular weight excluding hydrogens is 246 g/mol. The van der Waals surface area contributed by atoms with Gasteiger partial charge in [0.1, 0.15) is 0 Å². The second-order valence-corrected chi connectivity index (χ2v) is 4.55. The zero-order chi connectivity index (χ0) is 13.7. The van der Waals surface area contributed by atoms with Crippen LogP contribution in [0.2, 0.25) is 0 Å². The Hall–Kier alpha value is -1.95. The minimum absolute atomic E-state index is 0.182. The minimum Gasteiger partial charge on any atom is -0.481 e. The zero-order valence-corrected chi connectivity index (χ0v) is 10.6. The molecule has 2 heterocycles. The molecule has 0 saturated carbocycles. The molecule has 1 aliphatic heterocycles. The lowest BCUT2D eigenvalue weighted by atomic mass is 10.1. The maximum atomic E-state index is 11.9. The summed E-state index contributed by atoms with van der Waals surface area (Å²) in [4.78, 5) is 28.9. The van der Waals surface area contributed by atoms with Gasteiger partial charge in [0, 0.05) is 25.8 Å². The van der Waals surface area contributed by atoms with Gasteiger partial charge in [-0.3, -0.25) is 19.5 Å². The minimum atomic E-state index is -0.965. The maximum absolute atomic E-state index is 11.9. The molecule has 102 valence electrons. The molecule has 1 aliphatic rings. The van der Waals surface area contributed by atoms with E-state index in [1.165, 1.54) is 0 Å². The van der Waals surface area contributed by atoms with E-state index in [0.717, 1.165) is 12.1 Å². The highest BCUT2D eigenvalue weighted by Crippen LogP contribution is 2.13. The van der Waals surface area contributed by atoms with Crippen LogP contribution in [0.4, 0.5) is 0 Å². The number of pyridine rings is 1. The summed E-state index contributed by atoms with van der Waals surface area (Å²) in [6.07, 6.45) is 2.33. The molecular formula is C13H17N3O3. The van der Waals surface area contributed by atoms with Crippen molar-refractivity contribution in [3.63, 3.8) is 0 Å². The molecule has 6 nitrogen and oxygen atoms in total. The number of aromatic nitrogens is 1. The fourth-order valence-corrected chi connectivity index (χ4v) is 2.21. The molecule has 1 saturated heterocycles. The first-order chi connectivity index (χ1) is 9.16. The summed E-state index contributed by atoms with van der Waals surface area (Å²) in [5.41, 5.74) is 0.840. The monoisotopic (exact) mass is 263 g/mol. The summed E-state index contributed by atoms with van der Waals surface area (Å²) in [5.74, 6) is -1.18. The average molecular weight is 263 g/mol. The standard InChI is InChI=1S/C13H17N3O3/c17-12(18)8-11-13(19)15-6-3-7-16(11)9-10-4-1-2-5-14-10/h1-2,4-5,11H,3,6-9H2,(H,15,19)(H,17,18). The van der Waals surface area contributed by atoms with E-state index in [-0.39, 0.29) is 12.3 Å². The summed E-state index contributed by atoms with van der Waals surface area (Å²) in [6.45, 7) is 1.77. The van der Waals surface area contributed by atoms with Crippen molar-refractivity contribution in [2.75, 3.05) is 13.1 Å². The van der Waals surface area contributed by atoms with Crippen LogP contribution >= 0.6 is 0 Å². The maximum Gasteiger partial charge on any atom is 0.305 e. The highest BCUT2D eigenvalue weighted by atomic mass is 16.4. The lowest BCUT2D eigenvalue weighted by molar-refractivity contribution is -0.141. The molecule has 0 spiro atoms. The largest absolute Gasteiger partial charge is 0.481 e. The van der Waals surface area contributed by atoms with Gasteiger partial charge in [0.05, 0.1) is 18.2 Å². The van der Waals surface area contributed by atoms with Crippen molar-refractivity contribution in [2.45, 2.75) is 25.4 Å². The number of carbonyl (C=O) groups is 2. The molecule has 6 heteroatoms. The summed E-state index contributed by atoms with van der Waals surface area (Å²) in [5, 5.41) is 11.7. The van der Waals surface area contributed by atoms with Crippen molar-refractivity contribution in [1.82, 2.24) is 15.2 Å². The van der Waals surface area contributed by atoms with Gasteiger partial charge >= 0.3 is 5.97 Å². The quantitative estimate of drug-likeness (QED) is 0.813. The lowest BCUT2D eigenvalue weighted by Gasteiger charge is -2.26. The molecule has 0 aliphatic carbocycles. The van der Waals surface area contributed by atoms with Crippen LogP contribution in [0.25, 0.3) is 0 Å². The van der Waals surface area contributed by atoms with Gasteiger partial charge in [0.25, 0.3) is 0 Å². The molecule has 1 aromatic heterocycles. The van der Waals surface area contributed by atoms with Gasteiger partial charge in [-0.2, -0.15) is 0 Å². The summed E-state index contributed by atoms with van der Waals surface area (Å²) in [7, 11) is 0. The smallest absolute Gasteiger partial charge is 0.305 e. The number of amides is 1. The van der Waals surface area contributed by atoms with Crippen LogP contribution in [-0.2, 0) is 16.1 Å². The van der Waals surface area contributed by atoms with Gasteiger partial charge in [0.15, 0.2) is 0 Å². The van der Waals surface area contributed by atoms with Crippen molar-refractivity contribution in [2.24, 2.45) is 0 Å². The Morgan fingerprint density at radius 2 is 2.37 bits per heavy atom. The second kappa shape index (κ2) is 6.29. The number of carboxylic acids is 1. The molecule has 1 amide bonds. The highest BCUT2D eigenvalue weighted by molar-refractivity contribution is 5.86. The van der Waals surface area contributed by atoms with Crippen LogP contribution in [0.15, 0.2) is 24.4 Å². The van der Waals surface area contributed by atoms with E-state index < -0.39 is 12.0 Å². The zero-order valence-electron chi connectivity index (χ0n) is 10.6. The second-order valence-electron chi connectivity index (χ2n) is 4.55. The first kappa shape index (κ1) is 13.5. The van der Waals surface area contributed by atoms with Crippen LogP contribution in [-0.4, -0.2) is 46.0 Å². The Morgan fingerprint density at radius 3 is 3.05 bits per heavy atom. The fraction of sp³-hybridized carbons (Fsp3) is 0.462. The fourth-order valence-electron chi connectivity index (χ4n) is 2.21. The third-order valence-corrected chi connectivity index (χ3v) is 3.12. The van der Waals surface area contributed by atoms with Gasteiger partial charge < -0.3 is 10.4 Å². The summed E-state index contributed by atoms with van der Waals surface area (Å²) >= 11 is 0. The van der Waals surface area contributed by atoms with Crippen molar-refractivity contribution in [3.05, 3.63) is 30.1 Å². The van der Waals surface area contributed by atoms with Crippen LogP contribution < -0.4 is 5.32 Å². The predicted molar refractivity (Wildman–Crippen MR) is 68.3 cm³/mol. The molecule has 2 rings (SSSR count). The van der Waals surface area contributed by atoms with Crippen LogP contribution in [0.1, 0.15) is 18.5 Å². The van der Waals surface area contributed by atoms with Crippen LogP contribution in [0.3, 0.4) is 0 Å². The number of carbonyl (C=O) groups excluding carboxylic acids is 1. The van der Waals surface area contributed by atoms with E-state index in [1.54, 1.807) is 6.20 Å². The Kier molecular flexibility index (Phi) is 4.46. The molecule has 1 atom stereocenters. The number of carboxylic acid groups (broad SMARTS) is 1. The van der Waals surface area contributed by atoms with Crippen molar-refractivity contribution < 1.29 is 14.7 Å². The molecule has 0 aromatic carbocycles. The van der Waals surface area contributed by atoms with E-state index in [0.29, 0.717) is 19.6 Å². The van der Waals surface area contributed by atoms with E-state index in [2.05, 4.69) is 10.3 Å². The first-order valence-corrected chi connectivity index (χ1v) is 6.30. The van der Waals surface area contributed by atoms with E-state index in [4.69, 9.17) is 5.11 Å². The van der Waals surface area contributed by atoms with Crippen molar-refractivity contribution in [3.8, 4) is 0 Å². The Balaban J connectivity index is 2.13. The van der Waals surface area contributed by atoms with Crippen LogP contribution in [0, 0.1) is 0 Å². The molecule has 1 unspecified atom stereocenters. The Labute approximate surface area is 111 Å². The van der Waals surface area contributed by atoms with E-state index in [1.807, 2.05) is 23.1 Å². The topological polar surface area (TPSA) is 82.5 Å². The molecule has 2 N–H and O–H groups in total. The van der Waals surface area contributed by atoms with Crippen LogP contribution in [0.5, 0.6) is 0 Å². The number of hydrogen-bond donors (Lipinski definition) is 2. The molecule has 1 fully saturated rings. The number of aliphatic carboxylic acids is 1. The number of nitrogens with zero attached hydrogens (tertiary/aromatic N) is 2. The molecule has 0 bridgehead atoms. The third-order valence-electron chi connectivity index (χ3n) is 3.12. The molecule has 19 heavy (non-hydrogen) atoms. The van der Waals surface area contributed by atoms with Gasteiger partial charge in [0.2, 0.25) is 5.91 Å². The normalized spacial score (nSPS) is 20.6. The summed E-state index contributed by atoms with van der Waals surface area (Å²) in [6, 6.07) is 4.96. The lowest BCUT2D eigenvalue weighted by Crippen LogP contribution is -2.45. The molecule has 1 aromatic rings. The van der Waals surface area contributed by atoms with Gasteiger partial charge in [-0.05, 0) is 18.6 Å². The van der Waals surface area contributed by atoms with Gasteiger partial charge in [-0.25, -0.2) is 0 Å². The Bertz CT molecular complexity index is 450. The number of rotatable bonds is 4. The van der Waals surface area contributed by atoms with Gasteiger partial charge in [-0.1, -0.05) is 6.07 Å². The van der Waals surface area contributed by atoms with E-state index >= 15 is 0 Å². The Morgan fingerprint density at radius 1 is 1.53 bits per heavy atom. The third kappa shape index (κ3) is 3.75. The van der Waals surface area contributed by atoms with Crippen molar-refractivity contribution in [1.29, 1.82) is 0 Å². The SMILES string of the molecule is O=C(O)CC1C(=O)NCCCN1Cc1ccccn1. The number of hydrogen-bond acceptors (Lipinski definition) is 4. The van der Waals surface area contributed by atoms with E-state index in [9.17, 15) is 9.59 Å².